The number of aryl methyl sites for hydroxylation is 1. The summed E-state index contributed by atoms with van der Waals surface area (Å²) >= 11 is 0. The predicted molar refractivity (Wildman–Crippen MR) is 51.0 cm³/mol. The van der Waals surface area contributed by atoms with Crippen molar-refractivity contribution in [2.45, 2.75) is 13.8 Å². The topological polar surface area (TPSA) is 44.0 Å². The lowest BCUT2D eigenvalue weighted by molar-refractivity contribution is 0.315. The Morgan fingerprint density at radius 1 is 1.46 bits per heavy atom. The van der Waals surface area contributed by atoms with Crippen molar-refractivity contribution in [2.75, 3.05) is 6.61 Å². The number of hydrogen-bond donors (Lipinski definition) is 1. The van der Waals surface area contributed by atoms with Gasteiger partial charge in [0.25, 0.3) is 0 Å². The van der Waals surface area contributed by atoms with Gasteiger partial charge in [-0.3, -0.25) is 0 Å². The Balaban J connectivity index is 3.10. The Hall–Kier alpha value is -1.33. The zero-order valence-electron chi connectivity index (χ0n) is 7.83. The van der Waals surface area contributed by atoms with Crippen LogP contribution in [0.1, 0.15) is 23.6 Å². The largest absolute Gasteiger partial charge is 0.395 e. The molecular weight excluding hydrogens is 162 g/mol. The summed E-state index contributed by atoms with van der Waals surface area (Å²) in [6.07, 6.45) is 0. The average molecular weight is 174 g/mol. The smallest absolute Gasteiger partial charge is 0.0991 e. The van der Waals surface area contributed by atoms with E-state index < -0.39 is 0 Å². The van der Waals surface area contributed by atoms with Crippen molar-refractivity contribution in [1.29, 1.82) is 5.26 Å². The minimum Gasteiger partial charge on any atom is -0.395 e. The molecule has 1 radical (unpaired) electrons. The number of rotatable bonds is 2. The molecule has 1 aromatic carbocycles. The quantitative estimate of drug-likeness (QED) is 0.743. The molecule has 0 aliphatic rings. The monoisotopic (exact) mass is 174 g/mol. The fourth-order valence-electron chi connectivity index (χ4n) is 1.19. The first-order valence-corrected chi connectivity index (χ1v) is 4.13. The number of aliphatic hydroxyl groups excluding tert-OH is 1. The lowest BCUT2D eigenvalue weighted by atomic mass is 9.98. The van der Waals surface area contributed by atoms with Gasteiger partial charge in [-0.2, -0.15) is 5.26 Å². The maximum absolute atomic E-state index is 8.92. The van der Waals surface area contributed by atoms with Gasteiger partial charge in [0.05, 0.1) is 18.2 Å². The first kappa shape index (κ1) is 9.76. The van der Waals surface area contributed by atoms with Crippen LogP contribution in [0.3, 0.4) is 0 Å². The van der Waals surface area contributed by atoms with E-state index in [1.54, 1.807) is 6.07 Å². The highest BCUT2D eigenvalue weighted by molar-refractivity contribution is 5.42. The molecule has 0 heterocycles. The molecule has 0 aliphatic carbocycles. The van der Waals surface area contributed by atoms with Gasteiger partial charge in [0.15, 0.2) is 0 Å². The van der Waals surface area contributed by atoms with Crippen molar-refractivity contribution in [3.8, 4) is 6.07 Å². The molecule has 0 bridgehead atoms. The molecule has 0 aliphatic heterocycles. The van der Waals surface area contributed by atoms with Crippen LogP contribution in [-0.4, -0.2) is 11.7 Å². The van der Waals surface area contributed by atoms with Crippen molar-refractivity contribution in [1.82, 2.24) is 0 Å². The molecule has 0 amide bonds. The van der Waals surface area contributed by atoms with Crippen LogP contribution >= 0.6 is 0 Å². The molecule has 2 heteroatoms. The van der Waals surface area contributed by atoms with Gasteiger partial charge in [-0.25, -0.2) is 0 Å². The van der Waals surface area contributed by atoms with Gasteiger partial charge in [0, 0.05) is 5.92 Å². The van der Waals surface area contributed by atoms with Crippen molar-refractivity contribution in [3.63, 3.8) is 0 Å². The van der Waals surface area contributed by atoms with Crippen LogP contribution in [0, 0.1) is 24.2 Å². The fraction of sp³-hybridized carbons (Fsp3) is 0.273. The highest BCUT2D eigenvalue weighted by Gasteiger charge is 2.06. The van der Waals surface area contributed by atoms with Gasteiger partial charge in [-0.05, 0) is 30.2 Å². The summed E-state index contributed by atoms with van der Waals surface area (Å²) in [4.78, 5) is 0. The molecule has 13 heavy (non-hydrogen) atoms. The molecule has 0 atom stereocenters. The minimum absolute atomic E-state index is 0.0360. The number of nitrogens with zero attached hydrogens (tertiary/aromatic N) is 1. The summed E-state index contributed by atoms with van der Waals surface area (Å²) in [5.74, 6) is 0.889. The van der Waals surface area contributed by atoms with Crippen LogP contribution in [-0.2, 0) is 0 Å². The second kappa shape index (κ2) is 4.06. The van der Waals surface area contributed by atoms with Crippen molar-refractivity contribution in [2.24, 2.45) is 0 Å². The van der Waals surface area contributed by atoms with Gasteiger partial charge >= 0.3 is 0 Å². The molecule has 2 nitrogen and oxygen atoms in total. The normalized spacial score (nSPS) is 10.1. The maximum Gasteiger partial charge on any atom is 0.0991 e. The zero-order valence-corrected chi connectivity index (χ0v) is 7.83. The molecule has 1 aromatic rings. The van der Waals surface area contributed by atoms with E-state index >= 15 is 0 Å². The SMILES string of the molecule is C[C](CO)c1cc(C)cc(C#N)c1. The van der Waals surface area contributed by atoms with Crippen LogP contribution in [0.25, 0.3) is 0 Å². The third-order valence-corrected chi connectivity index (χ3v) is 1.94. The van der Waals surface area contributed by atoms with E-state index in [4.69, 9.17) is 10.4 Å². The molecule has 0 spiro atoms. The lowest BCUT2D eigenvalue weighted by Gasteiger charge is -2.08. The Morgan fingerprint density at radius 3 is 2.69 bits per heavy atom. The van der Waals surface area contributed by atoms with Gasteiger partial charge in [0.2, 0.25) is 0 Å². The third kappa shape index (κ3) is 2.30. The number of aliphatic hydroxyl groups is 1. The van der Waals surface area contributed by atoms with E-state index in [0.717, 1.165) is 17.0 Å². The van der Waals surface area contributed by atoms with Gasteiger partial charge < -0.3 is 5.11 Å². The van der Waals surface area contributed by atoms with Crippen LogP contribution in [0.15, 0.2) is 18.2 Å². The second-order valence-electron chi connectivity index (χ2n) is 3.14. The molecule has 0 saturated carbocycles. The Kier molecular flexibility index (Phi) is 3.05. The summed E-state index contributed by atoms with van der Waals surface area (Å²) in [5.41, 5.74) is 2.63. The van der Waals surface area contributed by atoms with Gasteiger partial charge in [-0.1, -0.05) is 13.0 Å². The van der Waals surface area contributed by atoms with Crippen molar-refractivity contribution in [3.05, 3.63) is 40.8 Å². The average Bonchev–Trinajstić information content (AvgIpc) is 2.15. The molecule has 0 unspecified atom stereocenters. The van der Waals surface area contributed by atoms with Crippen LogP contribution in [0.2, 0.25) is 0 Å². The van der Waals surface area contributed by atoms with E-state index in [2.05, 4.69) is 6.07 Å². The first-order chi connectivity index (χ1) is 6.17. The molecule has 1 N–H and O–H groups in total. The van der Waals surface area contributed by atoms with E-state index in [1.165, 1.54) is 0 Å². The number of nitriles is 1. The standard InChI is InChI=1S/C11H12NO/c1-8-3-10(6-12)5-11(4-8)9(2)7-13/h3-5,13H,7H2,1-2H3. The minimum atomic E-state index is 0.0360. The first-order valence-electron chi connectivity index (χ1n) is 4.13. The van der Waals surface area contributed by atoms with Crippen LogP contribution in [0.4, 0.5) is 0 Å². The van der Waals surface area contributed by atoms with Crippen LogP contribution < -0.4 is 0 Å². The summed E-state index contributed by atoms with van der Waals surface area (Å²) < 4.78 is 0. The highest BCUT2D eigenvalue weighted by atomic mass is 16.3. The van der Waals surface area contributed by atoms with Crippen LogP contribution in [0.5, 0.6) is 0 Å². The van der Waals surface area contributed by atoms with Gasteiger partial charge in [-0.15, -0.1) is 0 Å². The lowest BCUT2D eigenvalue weighted by Crippen LogP contribution is -2.00. The summed E-state index contributed by atoms with van der Waals surface area (Å²) in [5, 5.41) is 17.6. The number of benzene rings is 1. The predicted octanol–water partition coefficient (Wildman–Crippen LogP) is 1.80. The Labute approximate surface area is 78.4 Å². The van der Waals surface area contributed by atoms with E-state index in [0.29, 0.717) is 5.56 Å². The van der Waals surface area contributed by atoms with E-state index in [-0.39, 0.29) is 6.61 Å². The number of hydrogen-bond acceptors (Lipinski definition) is 2. The van der Waals surface area contributed by atoms with E-state index in [9.17, 15) is 0 Å². The second-order valence-corrected chi connectivity index (χ2v) is 3.14. The Bertz CT molecular complexity index is 338. The summed E-state index contributed by atoms with van der Waals surface area (Å²) in [6, 6.07) is 7.67. The molecule has 1 rings (SSSR count). The fourth-order valence-corrected chi connectivity index (χ4v) is 1.19. The molecule has 0 saturated heterocycles. The highest BCUT2D eigenvalue weighted by Crippen LogP contribution is 2.17. The molecule has 67 valence electrons. The van der Waals surface area contributed by atoms with Gasteiger partial charge in [0.1, 0.15) is 0 Å². The molecule has 0 aromatic heterocycles. The molecular formula is C11H12NO. The van der Waals surface area contributed by atoms with E-state index in [1.807, 2.05) is 26.0 Å². The zero-order chi connectivity index (χ0) is 9.84. The summed E-state index contributed by atoms with van der Waals surface area (Å²) in [6.45, 7) is 3.83. The molecule has 0 fully saturated rings. The van der Waals surface area contributed by atoms with Crippen molar-refractivity contribution < 1.29 is 5.11 Å². The summed E-state index contributed by atoms with van der Waals surface area (Å²) in [7, 11) is 0. The van der Waals surface area contributed by atoms with Crippen molar-refractivity contribution >= 4 is 0 Å². The maximum atomic E-state index is 8.92. The third-order valence-electron chi connectivity index (χ3n) is 1.94. The Morgan fingerprint density at radius 2 is 2.15 bits per heavy atom.